The molecule has 108 valence electrons. The first-order valence-electron chi connectivity index (χ1n) is 6.86. The van der Waals surface area contributed by atoms with Gasteiger partial charge >= 0.3 is 0 Å². The highest BCUT2D eigenvalue weighted by Gasteiger charge is 2.16. The highest BCUT2D eigenvalue weighted by molar-refractivity contribution is 5.55. The van der Waals surface area contributed by atoms with Crippen LogP contribution in [0.25, 0.3) is 0 Å². The summed E-state index contributed by atoms with van der Waals surface area (Å²) in [5.41, 5.74) is 9.19. The first-order chi connectivity index (χ1) is 9.51. The van der Waals surface area contributed by atoms with Gasteiger partial charge < -0.3 is 15.2 Å². The molecule has 1 heterocycles. The summed E-state index contributed by atoms with van der Waals surface area (Å²) in [5, 5.41) is 3.98. The molecule has 0 spiro atoms. The van der Waals surface area contributed by atoms with Crippen molar-refractivity contribution in [2.75, 3.05) is 4.90 Å². The molecule has 0 aliphatic heterocycles. The van der Waals surface area contributed by atoms with Crippen LogP contribution >= 0.6 is 0 Å². The fourth-order valence-electron chi connectivity index (χ4n) is 2.16. The minimum Gasteiger partial charge on any atom is -0.361 e. The molecule has 0 amide bonds. The molecule has 2 N–H and O–H groups in total. The summed E-state index contributed by atoms with van der Waals surface area (Å²) < 4.78 is 5.07. The Labute approximate surface area is 119 Å². The average Bonchev–Trinajstić information content (AvgIpc) is 2.86. The third-order valence-corrected chi connectivity index (χ3v) is 3.29. The van der Waals surface area contributed by atoms with Gasteiger partial charge in [0.05, 0.1) is 13.1 Å². The molecule has 5 nitrogen and oxygen atoms in total. The third-order valence-electron chi connectivity index (χ3n) is 3.29. The topological polar surface area (TPSA) is 68.2 Å². The van der Waals surface area contributed by atoms with Crippen molar-refractivity contribution in [1.29, 1.82) is 0 Å². The van der Waals surface area contributed by atoms with Crippen LogP contribution in [0, 0.1) is 13.8 Å². The number of anilines is 1. The fourth-order valence-corrected chi connectivity index (χ4v) is 2.16. The quantitative estimate of drug-likeness (QED) is 0.907. The van der Waals surface area contributed by atoms with E-state index < -0.39 is 0 Å². The van der Waals surface area contributed by atoms with Gasteiger partial charge in [0.15, 0.2) is 5.82 Å². The maximum atomic E-state index is 5.50. The van der Waals surface area contributed by atoms with E-state index in [1.807, 2.05) is 0 Å². The van der Waals surface area contributed by atoms with Crippen LogP contribution in [0.3, 0.4) is 0 Å². The summed E-state index contributed by atoms with van der Waals surface area (Å²) >= 11 is 0. The van der Waals surface area contributed by atoms with Crippen molar-refractivity contribution in [3.8, 4) is 0 Å². The Kier molecular flexibility index (Phi) is 4.39. The van der Waals surface area contributed by atoms with Crippen LogP contribution in [0.5, 0.6) is 0 Å². The van der Waals surface area contributed by atoms with E-state index in [-0.39, 0.29) is 6.54 Å². The van der Waals surface area contributed by atoms with Gasteiger partial charge in [-0.1, -0.05) is 17.3 Å². The smallest absolute Gasteiger partial charge is 0.240 e. The normalized spacial score (nSPS) is 11.1. The van der Waals surface area contributed by atoms with Gasteiger partial charge in [-0.25, -0.2) is 0 Å². The van der Waals surface area contributed by atoms with E-state index in [0.29, 0.717) is 24.3 Å². The Morgan fingerprint density at radius 3 is 2.65 bits per heavy atom. The van der Waals surface area contributed by atoms with Gasteiger partial charge in [-0.05, 0) is 44.9 Å². The van der Waals surface area contributed by atoms with Gasteiger partial charge in [0, 0.05) is 11.7 Å². The molecule has 0 saturated heterocycles. The molecule has 0 unspecified atom stereocenters. The standard InChI is InChI=1S/C15H22N4O/c1-10(2)19(9-14-17-15(8-16)20-18-14)13-7-11(3)5-6-12(13)4/h5-7,10H,8-9,16H2,1-4H3. The monoisotopic (exact) mass is 274 g/mol. The molecular formula is C15H22N4O. The number of nitrogens with zero attached hydrogens (tertiary/aromatic N) is 3. The molecule has 1 aromatic carbocycles. The minimum atomic E-state index is 0.276. The second-order valence-electron chi connectivity index (χ2n) is 5.32. The molecule has 2 aromatic rings. The maximum Gasteiger partial charge on any atom is 0.240 e. The molecule has 5 heteroatoms. The molecule has 0 saturated carbocycles. The van der Waals surface area contributed by atoms with E-state index in [1.165, 1.54) is 16.8 Å². The number of hydrogen-bond donors (Lipinski definition) is 1. The number of rotatable bonds is 5. The summed E-state index contributed by atoms with van der Waals surface area (Å²) in [5.74, 6) is 1.14. The molecule has 1 aromatic heterocycles. The Hall–Kier alpha value is -1.88. The lowest BCUT2D eigenvalue weighted by Gasteiger charge is -2.29. The highest BCUT2D eigenvalue weighted by atomic mass is 16.5. The van der Waals surface area contributed by atoms with Crippen LogP contribution in [0.15, 0.2) is 22.7 Å². The SMILES string of the molecule is Cc1ccc(C)c(N(Cc2noc(CN)n2)C(C)C)c1. The van der Waals surface area contributed by atoms with E-state index in [9.17, 15) is 0 Å². The van der Waals surface area contributed by atoms with Gasteiger partial charge in [0.1, 0.15) is 0 Å². The van der Waals surface area contributed by atoms with E-state index in [0.717, 1.165) is 0 Å². The molecule has 0 fully saturated rings. The number of hydrogen-bond acceptors (Lipinski definition) is 5. The van der Waals surface area contributed by atoms with Crippen LogP contribution < -0.4 is 10.6 Å². The predicted molar refractivity (Wildman–Crippen MR) is 79.4 cm³/mol. The lowest BCUT2D eigenvalue weighted by Crippen LogP contribution is -2.31. The molecule has 0 aliphatic carbocycles. The largest absolute Gasteiger partial charge is 0.361 e. The Balaban J connectivity index is 2.29. The van der Waals surface area contributed by atoms with Crippen LogP contribution in [-0.2, 0) is 13.1 Å². The molecule has 0 bridgehead atoms. The minimum absolute atomic E-state index is 0.276. The van der Waals surface area contributed by atoms with Gasteiger partial charge in [-0.2, -0.15) is 4.98 Å². The van der Waals surface area contributed by atoms with Crippen molar-refractivity contribution in [2.24, 2.45) is 5.73 Å². The summed E-state index contributed by atoms with van der Waals surface area (Å²) in [7, 11) is 0. The van der Waals surface area contributed by atoms with E-state index >= 15 is 0 Å². The Morgan fingerprint density at radius 1 is 1.30 bits per heavy atom. The predicted octanol–water partition coefficient (Wildman–Crippen LogP) is 2.56. The van der Waals surface area contributed by atoms with Crippen molar-refractivity contribution in [3.05, 3.63) is 41.0 Å². The molecule has 0 atom stereocenters. The molecule has 0 radical (unpaired) electrons. The third kappa shape index (κ3) is 3.17. The number of aryl methyl sites for hydroxylation is 2. The lowest BCUT2D eigenvalue weighted by molar-refractivity contribution is 0.374. The van der Waals surface area contributed by atoms with Crippen LogP contribution in [-0.4, -0.2) is 16.2 Å². The molecule has 0 aliphatic rings. The number of benzene rings is 1. The van der Waals surface area contributed by atoms with E-state index in [4.69, 9.17) is 10.3 Å². The molecule has 20 heavy (non-hydrogen) atoms. The molecule has 2 rings (SSSR count). The zero-order chi connectivity index (χ0) is 14.7. The second-order valence-corrected chi connectivity index (χ2v) is 5.32. The van der Waals surface area contributed by atoms with Crippen molar-refractivity contribution >= 4 is 5.69 Å². The summed E-state index contributed by atoms with van der Waals surface area (Å²) in [6.45, 7) is 9.43. The number of nitrogens with two attached hydrogens (primary N) is 1. The summed E-state index contributed by atoms with van der Waals surface area (Å²) in [6, 6.07) is 6.80. The van der Waals surface area contributed by atoms with Gasteiger partial charge in [-0.15, -0.1) is 0 Å². The van der Waals surface area contributed by atoms with Crippen molar-refractivity contribution in [2.45, 2.75) is 46.8 Å². The summed E-state index contributed by atoms with van der Waals surface area (Å²) in [4.78, 5) is 6.56. The first-order valence-corrected chi connectivity index (χ1v) is 6.86. The first kappa shape index (κ1) is 14.5. The average molecular weight is 274 g/mol. The van der Waals surface area contributed by atoms with Crippen molar-refractivity contribution in [3.63, 3.8) is 0 Å². The van der Waals surface area contributed by atoms with E-state index in [2.05, 4.69) is 60.9 Å². The second kappa shape index (κ2) is 6.05. The highest BCUT2D eigenvalue weighted by Crippen LogP contribution is 2.25. The maximum absolute atomic E-state index is 5.50. The van der Waals surface area contributed by atoms with Crippen LogP contribution in [0.1, 0.15) is 36.7 Å². The Bertz CT molecular complexity index is 577. The van der Waals surface area contributed by atoms with Crippen molar-refractivity contribution < 1.29 is 4.52 Å². The number of aromatic nitrogens is 2. The molecular weight excluding hydrogens is 252 g/mol. The summed E-state index contributed by atoms with van der Waals surface area (Å²) in [6.07, 6.45) is 0. The van der Waals surface area contributed by atoms with Crippen LogP contribution in [0.4, 0.5) is 5.69 Å². The zero-order valence-corrected chi connectivity index (χ0v) is 12.6. The van der Waals surface area contributed by atoms with Crippen LogP contribution in [0.2, 0.25) is 0 Å². The fraction of sp³-hybridized carbons (Fsp3) is 0.467. The van der Waals surface area contributed by atoms with Gasteiger partial charge in [0.2, 0.25) is 5.89 Å². The van der Waals surface area contributed by atoms with E-state index in [1.54, 1.807) is 0 Å². The van der Waals surface area contributed by atoms with Crippen molar-refractivity contribution in [1.82, 2.24) is 10.1 Å². The van der Waals surface area contributed by atoms with Gasteiger partial charge in [-0.3, -0.25) is 0 Å². The van der Waals surface area contributed by atoms with Gasteiger partial charge in [0.25, 0.3) is 0 Å². The Morgan fingerprint density at radius 2 is 2.05 bits per heavy atom. The lowest BCUT2D eigenvalue weighted by atomic mass is 10.1. The zero-order valence-electron chi connectivity index (χ0n) is 12.6.